The second-order valence-electron chi connectivity index (χ2n) is 3.20. The lowest BCUT2D eigenvalue weighted by molar-refractivity contribution is 0.0690. The Morgan fingerprint density at radius 2 is 1.94 bits per heavy atom. The van der Waals surface area contributed by atoms with Gasteiger partial charge in [-0.15, -0.1) is 5.10 Å². The highest BCUT2D eigenvalue weighted by Gasteiger charge is 2.17. The maximum absolute atomic E-state index is 10.9. The number of carboxylic acids is 1. The Labute approximate surface area is 96.3 Å². The molecule has 0 fully saturated rings. The molecule has 1 aromatic heterocycles. The molecule has 0 radical (unpaired) electrons. The van der Waals surface area contributed by atoms with Crippen LogP contribution in [0.15, 0.2) is 24.3 Å². The summed E-state index contributed by atoms with van der Waals surface area (Å²) in [6.07, 6.45) is 0. The van der Waals surface area contributed by atoms with E-state index in [0.717, 1.165) is 0 Å². The van der Waals surface area contributed by atoms with Gasteiger partial charge < -0.3 is 5.11 Å². The van der Waals surface area contributed by atoms with Crippen LogP contribution in [0, 0.1) is 0 Å². The average Bonchev–Trinajstić information content (AvgIpc) is 2.61. The number of halogens is 1. The lowest BCUT2D eigenvalue weighted by Crippen LogP contribution is -2.00. The number of carbonyl (C=O) groups is 1. The third kappa shape index (κ3) is 1.90. The average molecular weight is 238 g/mol. The molecule has 0 aliphatic heterocycles. The smallest absolute Gasteiger partial charge is 0.358 e. The van der Waals surface area contributed by atoms with Crippen LogP contribution in [0.4, 0.5) is 0 Å². The van der Waals surface area contributed by atoms with Crippen LogP contribution in [0.5, 0.6) is 0 Å². The maximum atomic E-state index is 10.9. The molecule has 0 unspecified atom stereocenters. The van der Waals surface area contributed by atoms with Gasteiger partial charge in [-0.1, -0.05) is 23.7 Å². The Kier molecular flexibility index (Phi) is 2.62. The molecule has 0 bridgehead atoms. The molecule has 2 aromatic rings. The lowest BCUT2D eigenvalue weighted by atomic mass is 10.1. The van der Waals surface area contributed by atoms with Gasteiger partial charge in [0.1, 0.15) is 5.69 Å². The highest BCUT2D eigenvalue weighted by Crippen LogP contribution is 2.22. The second-order valence-corrected chi connectivity index (χ2v) is 3.64. The fourth-order valence-corrected chi connectivity index (χ4v) is 1.48. The number of benzene rings is 1. The summed E-state index contributed by atoms with van der Waals surface area (Å²) >= 11 is 5.75. The maximum Gasteiger partial charge on any atom is 0.358 e. The van der Waals surface area contributed by atoms with Crippen molar-refractivity contribution >= 4 is 17.6 Å². The third-order valence-electron chi connectivity index (χ3n) is 2.03. The van der Waals surface area contributed by atoms with Crippen LogP contribution in [0.3, 0.4) is 0 Å². The van der Waals surface area contributed by atoms with Gasteiger partial charge in [0.2, 0.25) is 0 Å². The van der Waals surface area contributed by atoms with E-state index in [1.165, 1.54) is 4.80 Å². The summed E-state index contributed by atoms with van der Waals surface area (Å²) < 4.78 is 0. The van der Waals surface area contributed by atoms with E-state index in [2.05, 4.69) is 10.2 Å². The minimum atomic E-state index is -1.10. The number of aromatic carboxylic acids is 1. The number of hydrogen-bond acceptors (Lipinski definition) is 3. The van der Waals surface area contributed by atoms with Crippen molar-refractivity contribution < 1.29 is 9.90 Å². The molecule has 1 N–H and O–H groups in total. The van der Waals surface area contributed by atoms with Crippen molar-refractivity contribution in [3.8, 4) is 11.3 Å². The monoisotopic (exact) mass is 237 g/mol. The van der Waals surface area contributed by atoms with E-state index in [4.69, 9.17) is 16.7 Å². The van der Waals surface area contributed by atoms with Crippen LogP contribution in [-0.4, -0.2) is 26.1 Å². The van der Waals surface area contributed by atoms with Crippen molar-refractivity contribution in [2.75, 3.05) is 0 Å². The van der Waals surface area contributed by atoms with Crippen molar-refractivity contribution in [3.05, 3.63) is 35.0 Å². The number of hydrogen-bond donors (Lipinski definition) is 1. The molecule has 2 rings (SSSR count). The van der Waals surface area contributed by atoms with Crippen molar-refractivity contribution in [2.24, 2.45) is 7.05 Å². The Morgan fingerprint density at radius 1 is 1.31 bits per heavy atom. The van der Waals surface area contributed by atoms with E-state index in [1.807, 2.05) is 0 Å². The Morgan fingerprint density at radius 3 is 2.50 bits per heavy atom. The standard InChI is InChI=1S/C10H8ClN3O2/c1-14-12-8(9(13-14)10(15)16)6-2-4-7(11)5-3-6/h2-5H,1H3,(H,15,16). The van der Waals surface area contributed by atoms with Crippen molar-refractivity contribution in [1.82, 2.24) is 15.0 Å². The SMILES string of the molecule is Cn1nc(C(=O)O)c(-c2ccc(Cl)cc2)n1. The van der Waals surface area contributed by atoms with Gasteiger partial charge in [0.15, 0.2) is 5.69 Å². The highest BCUT2D eigenvalue weighted by molar-refractivity contribution is 6.30. The van der Waals surface area contributed by atoms with Gasteiger partial charge in [-0.25, -0.2) is 4.79 Å². The van der Waals surface area contributed by atoms with Gasteiger partial charge in [-0.05, 0) is 12.1 Å². The van der Waals surface area contributed by atoms with E-state index in [1.54, 1.807) is 31.3 Å². The number of carboxylic acid groups (broad SMARTS) is 1. The zero-order valence-corrected chi connectivity index (χ0v) is 9.14. The first-order valence-electron chi connectivity index (χ1n) is 4.48. The zero-order valence-electron chi connectivity index (χ0n) is 8.38. The quantitative estimate of drug-likeness (QED) is 0.865. The van der Waals surface area contributed by atoms with Crippen LogP contribution in [0.1, 0.15) is 10.5 Å². The van der Waals surface area contributed by atoms with Gasteiger partial charge in [-0.3, -0.25) is 0 Å². The number of nitrogens with zero attached hydrogens (tertiary/aromatic N) is 3. The number of aryl methyl sites for hydroxylation is 1. The Bertz CT molecular complexity index is 533. The number of aromatic nitrogens is 3. The van der Waals surface area contributed by atoms with Crippen molar-refractivity contribution in [2.45, 2.75) is 0 Å². The van der Waals surface area contributed by atoms with Crippen molar-refractivity contribution in [3.63, 3.8) is 0 Å². The highest BCUT2D eigenvalue weighted by atomic mass is 35.5. The molecule has 0 atom stereocenters. The molecule has 82 valence electrons. The molecule has 0 amide bonds. The van der Waals surface area contributed by atoms with Crippen LogP contribution >= 0.6 is 11.6 Å². The molecule has 16 heavy (non-hydrogen) atoms. The molecular weight excluding hydrogens is 230 g/mol. The zero-order chi connectivity index (χ0) is 11.7. The van der Waals surface area contributed by atoms with Crippen LogP contribution < -0.4 is 0 Å². The minimum absolute atomic E-state index is 0.0650. The first-order chi connectivity index (χ1) is 7.58. The fraction of sp³-hybridized carbons (Fsp3) is 0.100. The molecule has 5 nitrogen and oxygen atoms in total. The Hall–Kier alpha value is -1.88. The third-order valence-corrected chi connectivity index (χ3v) is 2.29. The largest absolute Gasteiger partial charge is 0.476 e. The first kappa shape index (κ1) is 10.6. The summed E-state index contributed by atoms with van der Waals surface area (Å²) in [7, 11) is 1.58. The normalized spacial score (nSPS) is 10.4. The van der Waals surface area contributed by atoms with E-state index >= 15 is 0 Å². The first-order valence-corrected chi connectivity index (χ1v) is 4.86. The van der Waals surface area contributed by atoms with Gasteiger partial charge in [0, 0.05) is 17.6 Å². The van der Waals surface area contributed by atoms with Crippen LogP contribution in [0.2, 0.25) is 5.02 Å². The molecule has 1 heterocycles. The summed E-state index contributed by atoms with van der Waals surface area (Å²) in [5.41, 5.74) is 0.950. The lowest BCUT2D eigenvalue weighted by Gasteiger charge is -1.97. The molecule has 6 heteroatoms. The van der Waals surface area contributed by atoms with Gasteiger partial charge in [0.25, 0.3) is 0 Å². The molecule has 0 aliphatic rings. The molecule has 0 saturated heterocycles. The van der Waals surface area contributed by atoms with E-state index in [-0.39, 0.29) is 5.69 Å². The summed E-state index contributed by atoms with van der Waals surface area (Å²) in [6, 6.07) is 6.77. The fourth-order valence-electron chi connectivity index (χ4n) is 1.35. The van der Waals surface area contributed by atoms with E-state index < -0.39 is 5.97 Å². The summed E-state index contributed by atoms with van der Waals surface area (Å²) in [6.45, 7) is 0. The van der Waals surface area contributed by atoms with E-state index in [0.29, 0.717) is 16.3 Å². The molecular formula is C10H8ClN3O2. The van der Waals surface area contributed by atoms with Crippen molar-refractivity contribution in [1.29, 1.82) is 0 Å². The minimum Gasteiger partial charge on any atom is -0.476 e. The molecule has 0 spiro atoms. The predicted molar refractivity (Wildman–Crippen MR) is 58.4 cm³/mol. The van der Waals surface area contributed by atoms with Crippen LogP contribution in [0.25, 0.3) is 11.3 Å². The molecule has 0 saturated carbocycles. The molecule has 1 aromatic carbocycles. The van der Waals surface area contributed by atoms with E-state index in [9.17, 15) is 4.79 Å². The van der Waals surface area contributed by atoms with Gasteiger partial charge in [0.05, 0.1) is 0 Å². The number of rotatable bonds is 2. The van der Waals surface area contributed by atoms with Gasteiger partial charge in [-0.2, -0.15) is 9.90 Å². The molecule has 0 aliphatic carbocycles. The second kappa shape index (κ2) is 3.94. The predicted octanol–water partition coefficient (Wildman–Crippen LogP) is 1.83. The summed E-state index contributed by atoms with van der Waals surface area (Å²) in [5, 5.41) is 17.3. The summed E-state index contributed by atoms with van der Waals surface area (Å²) in [4.78, 5) is 12.2. The summed E-state index contributed by atoms with van der Waals surface area (Å²) in [5.74, 6) is -1.10. The van der Waals surface area contributed by atoms with Gasteiger partial charge >= 0.3 is 5.97 Å². The Balaban J connectivity index is 2.55. The van der Waals surface area contributed by atoms with Crippen LogP contribution in [-0.2, 0) is 7.05 Å². The topological polar surface area (TPSA) is 68.0 Å².